The van der Waals surface area contributed by atoms with Gasteiger partial charge in [-0.3, -0.25) is 9.78 Å². The fourth-order valence-corrected chi connectivity index (χ4v) is 4.04. The molecule has 0 saturated heterocycles. The van der Waals surface area contributed by atoms with Gasteiger partial charge in [0.2, 0.25) is 0 Å². The van der Waals surface area contributed by atoms with Gasteiger partial charge in [0.05, 0.1) is 8.95 Å². The molecule has 1 amide bonds. The lowest BCUT2D eigenvalue weighted by Gasteiger charge is -2.11. The number of ether oxygens (including phenoxy) is 1. The van der Waals surface area contributed by atoms with Gasteiger partial charge >= 0.3 is 0 Å². The predicted molar refractivity (Wildman–Crippen MR) is 91.1 cm³/mol. The molecular formula is C14H11Br3N2O2. The van der Waals surface area contributed by atoms with Crippen LogP contribution in [0, 0.1) is 0 Å². The standard InChI is InChI=1S/C14H11Br3N2O2/c15-10-5-11(16)14(12(17)6-10)21-8-13(20)19-7-9-1-3-18-4-2-9/h1-6H,7-8H2,(H,19,20). The highest BCUT2D eigenvalue weighted by Gasteiger charge is 2.10. The summed E-state index contributed by atoms with van der Waals surface area (Å²) in [5.41, 5.74) is 0.990. The number of aromatic nitrogens is 1. The Balaban J connectivity index is 1.87. The van der Waals surface area contributed by atoms with Crippen LogP contribution in [0.2, 0.25) is 0 Å². The number of hydrogen-bond donors (Lipinski definition) is 1. The van der Waals surface area contributed by atoms with Crippen molar-refractivity contribution in [2.75, 3.05) is 6.61 Å². The molecule has 2 rings (SSSR count). The van der Waals surface area contributed by atoms with Crippen molar-refractivity contribution in [2.45, 2.75) is 6.54 Å². The van der Waals surface area contributed by atoms with Gasteiger partial charge in [-0.2, -0.15) is 0 Å². The van der Waals surface area contributed by atoms with Crippen molar-refractivity contribution >= 4 is 53.7 Å². The average molecular weight is 479 g/mol. The number of carbonyl (C=O) groups is 1. The van der Waals surface area contributed by atoms with Crippen molar-refractivity contribution in [2.24, 2.45) is 0 Å². The zero-order chi connectivity index (χ0) is 15.2. The van der Waals surface area contributed by atoms with Crippen LogP contribution in [-0.4, -0.2) is 17.5 Å². The Labute approximate surface area is 147 Å². The second-order valence-electron chi connectivity index (χ2n) is 4.12. The maximum Gasteiger partial charge on any atom is 0.258 e. The highest BCUT2D eigenvalue weighted by molar-refractivity contribution is 9.11. The fourth-order valence-electron chi connectivity index (χ4n) is 1.56. The molecule has 21 heavy (non-hydrogen) atoms. The van der Waals surface area contributed by atoms with Crippen molar-refractivity contribution in [3.05, 3.63) is 55.6 Å². The van der Waals surface area contributed by atoms with E-state index in [2.05, 4.69) is 58.1 Å². The van der Waals surface area contributed by atoms with E-state index in [-0.39, 0.29) is 12.5 Å². The largest absolute Gasteiger partial charge is 0.481 e. The Morgan fingerprint density at radius 1 is 1.14 bits per heavy atom. The van der Waals surface area contributed by atoms with E-state index < -0.39 is 0 Å². The minimum atomic E-state index is -0.187. The van der Waals surface area contributed by atoms with Crippen LogP contribution >= 0.6 is 47.8 Å². The topological polar surface area (TPSA) is 51.2 Å². The number of pyridine rings is 1. The van der Waals surface area contributed by atoms with E-state index in [1.807, 2.05) is 24.3 Å². The predicted octanol–water partition coefficient (Wildman–Crippen LogP) is 4.06. The molecule has 0 saturated carbocycles. The Hall–Kier alpha value is -0.920. The Bertz CT molecular complexity index is 612. The lowest BCUT2D eigenvalue weighted by atomic mass is 10.3. The van der Waals surface area contributed by atoms with Crippen LogP contribution in [0.25, 0.3) is 0 Å². The van der Waals surface area contributed by atoms with Gasteiger partial charge in [0, 0.05) is 23.4 Å². The van der Waals surface area contributed by atoms with Crippen LogP contribution < -0.4 is 10.1 Å². The third-order valence-electron chi connectivity index (χ3n) is 2.55. The van der Waals surface area contributed by atoms with Gasteiger partial charge < -0.3 is 10.1 Å². The van der Waals surface area contributed by atoms with Gasteiger partial charge in [0.1, 0.15) is 5.75 Å². The molecule has 0 fully saturated rings. The van der Waals surface area contributed by atoms with Crippen LogP contribution in [-0.2, 0) is 11.3 Å². The minimum absolute atomic E-state index is 0.0517. The number of benzene rings is 1. The van der Waals surface area contributed by atoms with Gasteiger partial charge in [0.15, 0.2) is 6.61 Å². The lowest BCUT2D eigenvalue weighted by Crippen LogP contribution is -2.28. The van der Waals surface area contributed by atoms with Crippen molar-refractivity contribution in [1.82, 2.24) is 10.3 Å². The smallest absolute Gasteiger partial charge is 0.258 e. The summed E-state index contributed by atoms with van der Waals surface area (Å²) in [5.74, 6) is 0.408. The molecule has 1 aromatic carbocycles. The first-order valence-electron chi connectivity index (χ1n) is 5.99. The molecule has 2 aromatic rings. The normalized spacial score (nSPS) is 10.2. The van der Waals surface area contributed by atoms with Gasteiger partial charge in [-0.05, 0) is 61.7 Å². The molecule has 110 valence electrons. The number of carbonyl (C=O) groups excluding carboxylic acids is 1. The number of amides is 1. The van der Waals surface area contributed by atoms with Gasteiger partial charge in [0.25, 0.3) is 5.91 Å². The molecule has 0 aliphatic rings. The quantitative estimate of drug-likeness (QED) is 0.705. The number of hydrogen-bond acceptors (Lipinski definition) is 3. The third-order valence-corrected chi connectivity index (χ3v) is 4.19. The Morgan fingerprint density at radius 2 is 1.76 bits per heavy atom. The van der Waals surface area contributed by atoms with Crippen LogP contribution in [0.4, 0.5) is 0 Å². The summed E-state index contributed by atoms with van der Waals surface area (Å²) in [5, 5.41) is 2.79. The van der Waals surface area contributed by atoms with Crippen molar-refractivity contribution in [1.29, 1.82) is 0 Å². The molecule has 1 aromatic heterocycles. The Morgan fingerprint density at radius 3 is 2.38 bits per heavy atom. The third kappa shape index (κ3) is 5.09. The molecule has 4 nitrogen and oxygen atoms in total. The molecule has 0 aliphatic carbocycles. The second kappa shape index (κ2) is 7.91. The summed E-state index contributed by atoms with van der Waals surface area (Å²) in [6.45, 7) is 0.400. The van der Waals surface area contributed by atoms with E-state index in [1.54, 1.807) is 12.4 Å². The van der Waals surface area contributed by atoms with Crippen LogP contribution in [0.15, 0.2) is 50.1 Å². The van der Waals surface area contributed by atoms with Crippen LogP contribution in [0.1, 0.15) is 5.56 Å². The van der Waals surface area contributed by atoms with E-state index in [9.17, 15) is 4.79 Å². The first-order valence-corrected chi connectivity index (χ1v) is 8.37. The summed E-state index contributed by atoms with van der Waals surface area (Å²) < 4.78 is 7.98. The summed E-state index contributed by atoms with van der Waals surface area (Å²) in [4.78, 5) is 15.7. The second-order valence-corrected chi connectivity index (χ2v) is 6.74. The highest BCUT2D eigenvalue weighted by Crippen LogP contribution is 2.36. The molecule has 1 heterocycles. The van der Waals surface area contributed by atoms with E-state index in [0.717, 1.165) is 19.0 Å². The zero-order valence-electron chi connectivity index (χ0n) is 10.8. The number of halogens is 3. The molecular weight excluding hydrogens is 468 g/mol. The van der Waals surface area contributed by atoms with Crippen molar-refractivity contribution < 1.29 is 9.53 Å². The maximum atomic E-state index is 11.8. The first kappa shape index (κ1) is 16.5. The van der Waals surface area contributed by atoms with E-state index in [0.29, 0.717) is 12.3 Å². The average Bonchev–Trinajstić information content (AvgIpc) is 2.45. The summed E-state index contributed by atoms with van der Waals surface area (Å²) in [6.07, 6.45) is 3.38. The molecule has 7 heteroatoms. The van der Waals surface area contributed by atoms with Gasteiger partial charge in [-0.15, -0.1) is 0 Å². The Kier molecular flexibility index (Phi) is 6.20. The lowest BCUT2D eigenvalue weighted by molar-refractivity contribution is -0.123. The van der Waals surface area contributed by atoms with Crippen LogP contribution in [0.3, 0.4) is 0 Å². The van der Waals surface area contributed by atoms with Crippen LogP contribution in [0.5, 0.6) is 5.75 Å². The monoisotopic (exact) mass is 476 g/mol. The summed E-state index contributed by atoms with van der Waals surface area (Å²) in [7, 11) is 0. The minimum Gasteiger partial charge on any atom is -0.481 e. The molecule has 0 atom stereocenters. The SMILES string of the molecule is O=C(COc1c(Br)cc(Br)cc1Br)NCc1ccncc1. The summed E-state index contributed by atoms with van der Waals surface area (Å²) in [6, 6.07) is 7.41. The molecule has 0 spiro atoms. The summed E-state index contributed by atoms with van der Waals surface area (Å²) >= 11 is 10.2. The number of rotatable bonds is 5. The number of nitrogens with zero attached hydrogens (tertiary/aromatic N) is 1. The van der Waals surface area contributed by atoms with Crippen molar-refractivity contribution in [3.63, 3.8) is 0 Å². The number of nitrogens with one attached hydrogen (secondary N) is 1. The maximum absolute atomic E-state index is 11.8. The van der Waals surface area contributed by atoms with E-state index in [4.69, 9.17) is 4.74 Å². The van der Waals surface area contributed by atoms with Gasteiger partial charge in [-0.1, -0.05) is 15.9 Å². The fraction of sp³-hybridized carbons (Fsp3) is 0.143. The molecule has 0 radical (unpaired) electrons. The highest BCUT2D eigenvalue weighted by atomic mass is 79.9. The van der Waals surface area contributed by atoms with E-state index in [1.165, 1.54) is 0 Å². The molecule has 0 aliphatic heterocycles. The first-order chi connectivity index (χ1) is 10.1. The van der Waals surface area contributed by atoms with Crippen molar-refractivity contribution in [3.8, 4) is 5.75 Å². The van der Waals surface area contributed by atoms with E-state index >= 15 is 0 Å². The molecule has 1 N–H and O–H groups in total. The molecule has 0 bridgehead atoms. The zero-order valence-corrected chi connectivity index (χ0v) is 15.5. The molecule has 0 unspecified atom stereocenters. The van der Waals surface area contributed by atoms with Gasteiger partial charge in [-0.25, -0.2) is 0 Å².